The molecular formula is C20H15F2NO2S. The lowest BCUT2D eigenvalue weighted by molar-refractivity contribution is -0.115. The highest BCUT2D eigenvalue weighted by Gasteiger charge is 2.35. The van der Waals surface area contributed by atoms with Crippen LogP contribution < -0.4 is 9.64 Å². The quantitative estimate of drug-likeness (QED) is 0.655. The van der Waals surface area contributed by atoms with Gasteiger partial charge in [0.15, 0.2) is 0 Å². The second-order valence-electron chi connectivity index (χ2n) is 6.00. The SMILES string of the molecule is COc1ccc2cc([C@@H]3SCC(=O)N3c3ccc(F)cc3F)ccc2c1. The maximum Gasteiger partial charge on any atom is 0.238 e. The highest BCUT2D eigenvalue weighted by atomic mass is 32.2. The van der Waals surface area contributed by atoms with Gasteiger partial charge >= 0.3 is 0 Å². The predicted octanol–water partition coefficient (Wildman–Crippen LogP) is 4.91. The number of rotatable bonds is 3. The summed E-state index contributed by atoms with van der Waals surface area (Å²) in [5, 5.41) is 1.67. The van der Waals surface area contributed by atoms with E-state index in [-0.39, 0.29) is 22.7 Å². The Labute approximate surface area is 153 Å². The Morgan fingerprint density at radius 3 is 2.58 bits per heavy atom. The predicted molar refractivity (Wildman–Crippen MR) is 99.5 cm³/mol. The van der Waals surface area contributed by atoms with Gasteiger partial charge < -0.3 is 4.74 Å². The van der Waals surface area contributed by atoms with Crippen LogP contribution in [0, 0.1) is 11.6 Å². The van der Waals surface area contributed by atoms with Gasteiger partial charge in [-0.15, -0.1) is 11.8 Å². The summed E-state index contributed by atoms with van der Waals surface area (Å²) in [5.41, 5.74) is 0.989. The molecule has 1 aliphatic heterocycles. The van der Waals surface area contributed by atoms with Crippen molar-refractivity contribution in [1.82, 2.24) is 0 Å². The van der Waals surface area contributed by atoms with Crippen LogP contribution in [0.15, 0.2) is 54.6 Å². The third-order valence-electron chi connectivity index (χ3n) is 4.39. The van der Waals surface area contributed by atoms with E-state index in [2.05, 4.69) is 0 Å². The number of hydrogen-bond donors (Lipinski definition) is 0. The number of carbonyl (C=O) groups is 1. The van der Waals surface area contributed by atoms with Crippen LogP contribution in [0.25, 0.3) is 10.8 Å². The molecule has 0 aromatic heterocycles. The highest BCUT2D eigenvalue weighted by molar-refractivity contribution is 8.00. The minimum absolute atomic E-state index is 0.0984. The largest absolute Gasteiger partial charge is 0.497 e. The standard InChI is InChI=1S/C20H15F2NO2S/c1-25-16-6-4-12-8-14(3-2-13(12)9-16)20-23(19(24)11-26-20)18-7-5-15(21)10-17(18)22/h2-10,20H,11H2,1H3/t20-/m0/s1. The Morgan fingerprint density at radius 2 is 1.81 bits per heavy atom. The average Bonchev–Trinajstić information content (AvgIpc) is 3.02. The zero-order valence-corrected chi connectivity index (χ0v) is 14.7. The molecule has 1 amide bonds. The topological polar surface area (TPSA) is 29.5 Å². The molecule has 3 aromatic carbocycles. The number of methoxy groups -OCH3 is 1. The molecule has 4 rings (SSSR count). The molecule has 1 aliphatic rings. The number of carbonyl (C=O) groups excluding carboxylic acids is 1. The molecule has 1 fully saturated rings. The van der Waals surface area contributed by atoms with Crippen LogP contribution in [0.4, 0.5) is 14.5 Å². The Bertz CT molecular complexity index is 1010. The molecule has 0 radical (unpaired) electrons. The molecule has 0 bridgehead atoms. The zero-order valence-electron chi connectivity index (χ0n) is 13.9. The number of anilines is 1. The van der Waals surface area contributed by atoms with Crippen LogP contribution in [0.3, 0.4) is 0 Å². The molecule has 1 saturated heterocycles. The van der Waals surface area contributed by atoms with Crippen molar-refractivity contribution in [2.24, 2.45) is 0 Å². The van der Waals surface area contributed by atoms with Gasteiger partial charge in [-0.3, -0.25) is 9.69 Å². The Balaban J connectivity index is 1.75. The summed E-state index contributed by atoms with van der Waals surface area (Å²) >= 11 is 1.43. The minimum atomic E-state index is -0.739. The highest BCUT2D eigenvalue weighted by Crippen LogP contribution is 2.43. The van der Waals surface area contributed by atoms with Crippen molar-refractivity contribution in [3.8, 4) is 5.75 Å². The van der Waals surface area contributed by atoms with E-state index in [1.165, 1.54) is 28.8 Å². The number of benzene rings is 3. The lowest BCUT2D eigenvalue weighted by Gasteiger charge is -2.25. The van der Waals surface area contributed by atoms with Crippen molar-refractivity contribution in [1.29, 1.82) is 0 Å². The van der Waals surface area contributed by atoms with Gasteiger partial charge in [0.2, 0.25) is 5.91 Å². The van der Waals surface area contributed by atoms with Gasteiger partial charge in [0.05, 0.1) is 18.6 Å². The summed E-state index contributed by atoms with van der Waals surface area (Å²) in [6.07, 6.45) is 0. The van der Waals surface area contributed by atoms with E-state index in [4.69, 9.17) is 4.74 Å². The first-order valence-electron chi connectivity index (χ1n) is 8.03. The molecular weight excluding hydrogens is 356 g/mol. The van der Waals surface area contributed by atoms with Crippen molar-refractivity contribution in [2.45, 2.75) is 5.37 Å². The number of amides is 1. The van der Waals surface area contributed by atoms with E-state index in [9.17, 15) is 13.6 Å². The number of fused-ring (bicyclic) bond motifs is 1. The normalized spacial score (nSPS) is 17.1. The first-order chi connectivity index (χ1) is 12.6. The van der Waals surface area contributed by atoms with Crippen molar-refractivity contribution >= 4 is 34.1 Å². The molecule has 132 valence electrons. The molecule has 0 spiro atoms. The van der Waals surface area contributed by atoms with Crippen LogP contribution in [0.1, 0.15) is 10.9 Å². The lowest BCUT2D eigenvalue weighted by Crippen LogP contribution is -2.28. The average molecular weight is 371 g/mol. The molecule has 6 heteroatoms. The van der Waals surface area contributed by atoms with E-state index in [1.807, 2.05) is 36.4 Å². The van der Waals surface area contributed by atoms with Gasteiger partial charge in [0.1, 0.15) is 22.8 Å². The fraction of sp³-hybridized carbons (Fsp3) is 0.150. The first kappa shape index (κ1) is 16.8. The first-order valence-corrected chi connectivity index (χ1v) is 9.08. The van der Waals surface area contributed by atoms with Crippen molar-refractivity contribution < 1.29 is 18.3 Å². The van der Waals surface area contributed by atoms with E-state index in [0.29, 0.717) is 0 Å². The third kappa shape index (κ3) is 2.90. The summed E-state index contributed by atoms with van der Waals surface area (Å²) in [6.45, 7) is 0. The molecule has 26 heavy (non-hydrogen) atoms. The van der Waals surface area contributed by atoms with E-state index < -0.39 is 11.6 Å². The number of ether oxygens (including phenoxy) is 1. The van der Waals surface area contributed by atoms with Crippen molar-refractivity contribution in [3.63, 3.8) is 0 Å². The van der Waals surface area contributed by atoms with Gasteiger partial charge in [-0.25, -0.2) is 8.78 Å². The van der Waals surface area contributed by atoms with Crippen molar-refractivity contribution in [3.05, 3.63) is 71.8 Å². The number of thioether (sulfide) groups is 1. The van der Waals surface area contributed by atoms with Gasteiger partial charge in [-0.1, -0.05) is 18.2 Å². The Morgan fingerprint density at radius 1 is 1.04 bits per heavy atom. The van der Waals surface area contributed by atoms with Crippen LogP contribution in [-0.2, 0) is 4.79 Å². The second-order valence-corrected chi connectivity index (χ2v) is 7.06. The van der Waals surface area contributed by atoms with Crippen LogP contribution in [-0.4, -0.2) is 18.8 Å². The lowest BCUT2D eigenvalue weighted by atomic mass is 10.1. The molecule has 3 nitrogen and oxygen atoms in total. The fourth-order valence-corrected chi connectivity index (χ4v) is 4.29. The van der Waals surface area contributed by atoms with E-state index in [0.717, 1.165) is 28.2 Å². The van der Waals surface area contributed by atoms with Crippen LogP contribution in [0.5, 0.6) is 5.75 Å². The zero-order chi connectivity index (χ0) is 18.3. The number of halogens is 2. The molecule has 1 heterocycles. The number of nitrogens with zero attached hydrogens (tertiary/aromatic N) is 1. The van der Waals surface area contributed by atoms with Crippen LogP contribution in [0.2, 0.25) is 0 Å². The molecule has 0 unspecified atom stereocenters. The summed E-state index contributed by atoms with van der Waals surface area (Å²) in [7, 11) is 1.62. The fourth-order valence-electron chi connectivity index (χ4n) is 3.13. The Kier molecular flexibility index (Phi) is 4.28. The monoisotopic (exact) mass is 371 g/mol. The summed E-state index contributed by atoms with van der Waals surface area (Å²) in [5.74, 6) is -0.577. The van der Waals surface area contributed by atoms with Crippen molar-refractivity contribution in [2.75, 3.05) is 17.8 Å². The van der Waals surface area contributed by atoms with E-state index in [1.54, 1.807) is 7.11 Å². The third-order valence-corrected chi connectivity index (χ3v) is 5.61. The van der Waals surface area contributed by atoms with Gasteiger partial charge in [0, 0.05) is 6.07 Å². The van der Waals surface area contributed by atoms with Crippen LogP contribution >= 0.6 is 11.8 Å². The smallest absolute Gasteiger partial charge is 0.238 e. The van der Waals surface area contributed by atoms with E-state index >= 15 is 0 Å². The van der Waals surface area contributed by atoms with Gasteiger partial charge in [-0.2, -0.15) is 0 Å². The van der Waals surface area contributed by atoms with Gasteiger partial charge in [0.25, 0.3) is 0 Å². The maximum absolute atomic E-state index is 14.2. The molecule has 0 N–H and O–H groups in total. The summed E-state index contributed by atoms with van der Waals surface area (Å²) in [4.78, 5) is 13.8. The summed E-state index contributed by atoms with van der Waals surface area (Å²) < 4.78 is 32.7. The molecule has 0 saturated carbocycles. The Hall–Kier alpha value is -2.60. The van der Waals surface area contributed by atoms with Gasteiger partial charge in [-0.05, 0) is 46.7 Å². The molecule has 3 aromatic rings. The molecule has 1 atom stereocenters. The summed E-state index contributed by atoms with van der Waals surface area (Å²) in [6, 6.07) is 14.9. The minimum Gasteiger partial charge on any atom is -0.497 e. The second kappa shape index (κ2) is 6.61. The number of hydrogen-bond acceptors (Lipinski definition) is 3. The maximum atomic E-state index is 14.2. The molecule has 0 aliphatic carbocycles.